The number of hydrogen-bond acceptors (Lipinski definition) is 1. The predicted molar refractivity (Wildman–Crippen MR) is 65.5 cm³/mol. The van der Waals surface area contributed by atoms with Crippen LogP contribution in [0.1, 0.15) is 58.1 Å². The highest BCUT2D eigenvalue weighted by Gasteiger charge is 2.19. The van der Waals surface area contributed by atoms with E-state index in [4.69, 9.17) is 0 Å². The summed E-state index contributed by atoms with van der Waals surface area (Å²) in [5.74, 6) is 0.973. The van der Waals surface area contributed by atoms with Crippen LogP contribution in [0, 0.1) is 0 Å². The van der Waals surface area contributed by atoms with Gasteiger partial charge in [-0.05, 0) is 34.9 Å². The molecule has 0 saturated carbocycles. The molecule has 1 nitrogen and oxygen atoms in total. The Kier molecular flexibility index (Phi) is 3.43. The molecular weight excluding hydrogens is 184 g/mol. The molecule has 1 atom stereocenters. The molecule has 84 valence electrons. The predicted octanol–water partition coefficient (Wildman–Crippen LogP) is 4.20. The van der Waals surface area contributed by atoms with Gasteiger partial charge in [0.25, 0.3) is 0 Å². The van der Waals surface area contributed by atoms with Crippen molar-refractivity contribution in [2.45, 2.75) is 52.4 Å². The Hall–Kier alpha value is -0.980. The van der Waals surface area contributed by atoms with Gasteiger partial charge in [0.05, 0.1) is 0 Å². The molecule has 0 saturated heterocycles. The lowest BCUT2D eigenvalue weighted by Gasteiger charge is -2.22. The van der Waals surface area contributed by atoms with Crippen molar-refractivity contribution in [2.24, 2.45) is 0 Å². The summed E-state index contributed by atoms with van der Waals surface area (Å²) >= 11 is 0. The fourth-order valence-corrected chi connectivity index (χ4v) is 1.70. The summed E-state index contributed by atoms with van der Waals surface area (Å²) in [6.45, 7) is 10.8. The molecule has 1 aromatic rings. The number of benzene rings is 1. The average molecular weight is 206 g/mol. The third-order valence-corrected chi connectivity index (χ3v) is 3.01. The summed E-state index contributed by atoms with van der Waals surface area (Å²) in [7, 11) is 0. The van der Waals surface area contributed by atoms with Crippen molar-refractivity contribution in [1.82, 2.24) is 0 Å². The van der Waals surface area contributed by atoms with Crippen molar-refractivity contribution in [3.8, 4) is 5.75 Å². The monoisotopic (exact) mass is 206 g/mol. The third-order valence-electron chi connectivity index (χ3n) is 3.01. The number of phenolic OH excluding ortho intramolecular Hbond substituents is 1. The van der Waals surface area contributed by atoms with Gasteiger partial charge in [0.1, 0.15) is 5.75 Å². The van der Waals surface area contributed by atoms with Gasteiger partial charge in [0.15, 0.2) is 0 Å². The number of rotatable bonds is 2. The van der Waals surface area contributed by atoms with Crippen molar-refractivity contribution < 1.29 is 5.11 Å². The second-order valence-electron chi connectivity index (χ2n) is 5.34. The maximum atomic E-state index is 9.83. The molecule has 0 aliphatic rings. The van der Waals surface area contributed by atoms with Crippen LogP contribution in [0.2, 0.25) is 0 Å². The molecule has 0 heterocycles. The Morgan fingerprint density at radius 2 is 1.87 bits per heavy atom. The Morgan fingerprint density at radius 1 is 1.27 bits per heavy atom. The van der Waals surface area contributed by atoms with Crippen molar-refractivity contribution in [2.75, 3.05) is 0 Å². The highest BCUT2D eigenvalue weighted by molar-refractivity contribution is 5.41. The zero-order chi connectivity index (χ0) is 11.6. The fraction of sp³-hybridized carbons (Fsp3) is 0.571. The van der Waals surface area contributed by atoms with E-state index in [2.05, 4.69) is 40.7 Å². The molecule has 0 amide bonds. The first-order chi connectivity index (χ1) is 6.86. The Morgan fingerprint density at radius 3 is 2.33 bits per heavy atom. The van der Waals surface area contributed by atoms with Gasteiger partial charge in [-0.15, -0.1) is 0 Å². The number of phenols is 1. The second-order valence-corrected chi connectivity index (χ2v) is 5.34. The Balaban J connectivity index is 3.17. The van der Waals surface area contributed by atoms with Crippen LogP contribution in [0.4, 0.5) is 0 Å². The van der Waals surface area contributed by atoms with Gasteiger partial charge in [0.2, 0.25) is 0 Å². The molecule has 0 spiro atoms. The van der Waals surface area contributed by atoms with Crippen LogP contribution in [0.3, 0.4) is 0 Å². The van der Waals surface area contributed by atoms with E-state index in [1.54, 1.807) is 0 Å². The van der Waals surface area contributed by atoms with E-state index in [9.17, 15) is 5.11 Å². The molecule has 1 aromatic carbocycles. The minimum atomic E-state index is 0.00749. The van der Waals surface area contributed by atoms with Crippen molar-refractivity contribution in [3.63, 3.8) is 0 Å². The van der Waals surface area contributed by atoms with Crippen LogP contribution in [0.5, 0.6) is 5.75 Å². The van der Waals surface area contributed by atoms with Crippen LogP contribution < -0.4 is 0 Å². The summed E-state index contributed by atoms with van der Waals surface area (Å²) in [6.07, 6.45) is 1.13. The van der Waals surface area contributed by atoms with Crippen LogP contribution in [0.25, 0.3) is 0 Å². The van der Waals surface area contributed by atoms with Crippen LogP contribution in [-0.2, 0) is 5.41 Å². The Labute approximate surface area is 93.1 Å². The number of aromatic hydroxyl groups is 1. The Bertz CT molecular complexity index is 334. The highest BCUT2D eigenvalue weighted by atomic mass is 16.3. The average Bonchev–Trinajstić information content (AvgIpc) is 2.15. The van der Waals surface area contributed by atoms with Gasteiger partial charge in [0, 0.05) is 0 Å². The van der Waals surface area contributed by atoms with Gasteiger partial charge < -0.3 is 5.11 Å². The first-order valence-electron chi connectivity index (χ1n) is 5.69. The van der Waals surface area contributed by atoms with Gasteiger partial charge in [-0.2, -0.15) is 0 Å². The summed E-state index contributed by atoms with van der Waals surface area (Å²) in [5.41, 5.74) is 2.37. The summed E-state index contributed by atoms with van der Waals surface area (Å²) in [6, 6.07) is 5.99. The lowest BCUT2D eigenvalue weighted by Crippen LogP contribution is -2.12. The van der Waals surface area contributed by atoms with Crippen LogP contribution >= 0.6 is 0 Å². The zero-order valence-electron chi connectivity index (χ0n) is 10.5. The summed E-state index contributed by atoms with van der Waals surface area (Å²) in [5, 5.41) is 9.83. The van der Waals surface area contributed by atoms with E-state index < -0.39 is 0 Å². The molecule has 0 radical (unpaired) electrons. The molecule has 0 aliphatic carbocycles. The highest BCUT2D eigenvalue weighted by Crippen LogP contribution is 2.33. The lowest BCUT2D eigenvalue weighted by atomic mass is 9.83. The minimum absolute atomic E-state index is 0.00749. The molecule has 0 aliphatic heterocycles. The van der Waals surface area contributed by atoms with E-state index in [-0.39, 0.29) is 5.41 Å². The SMILES string of the molecule is CCC(C)c1ccc(O)c(C(C)(C)C)c1. The minimum Gasteiger partial charge on any atom is -0.508 e. The maximum Gasteiger partial charge on any atom is 0.119 e. The van der Waals surface area contributed by atoms with E-state index in [0.717, 1.165) is 12.0 Å². The summed E-state index contributed by atoms with van der Waals surface area (Å²) in [4.78, 5) is 0. The molecule has 15 heavy (non-hydrogen) atoms. The van der Waals surface area contributed by atoms with E-state index in [1.165, 1.54) is 5.56 Å². The van der Waals surface area contributed by atoms with Crippen molar-refractivity contribution in [1.29, 1.82) is 0 Å². The topological polar surface area (TPSA) is 20.2 Å². The van der Waals surface area contributed by atoms with Gasteiger partial charge >= 0.3 is 0 Å². The molecule has 1 unspecified atom stereocenters. The van der Waals surface area contributed by atoms with Crippen molar-refractivity contribution in [3.05, 3.63) is 29.3 Å². The molecule has 0 fully saturated rings. The van der Waals surface area contributed by atoms with Crippen molar-refractivity contribution >= 4 is 0 Å². The van der Waals surface area contributed by atoms with Crippen LogP contribution in [0.15, 0.2) is 18.2 Å². The molecule has 0 aromatic heterocycles. The second kappa shape index (κ2) is 4.26. The van der Waals surface area contributed by atoms with E-state index >= 15 is 0 Å². The smallest absolute Gasteiger partial charge is 0.119 e. The van der Waals surface area contributed by atoms with Crippen LogP contribution in [-0.4, -0.2) is 5.11 Å². The first kappa shape index (κ1) is 12.1. The standard InChI is InChI=1S/C14H22O/c1-6-10(2)11-7-8-13(15)12(9-11)14(3,4)5/h7-10,15H,6H2,1-5H3. The third kappa shape index (κ3) is 2.74. The number of hydrogen-bond donors (Lipinski definition) is 1. The normalized spacial score (nSPS) is 13.9. The van der Waals surface area contributed by atoms with E-state index in [0.29, 0.717) is 11.7 Å². The quantitative estimate of drug-likeness (QED) is 0.768. The maximum absolute atomic E-state index is 9.83. The van der Waals surface area contributed by atoms with Gasteiger partial charge in [-0.25, -0.2) is 0 Å². The molecular formula is C14H22O. The van der Waals surface area contributed by atoms with E-state index in [1.807, 2.05) is 12.1 Å². The molecule has 1 heteroatoms. The molecule has 1 rings (SSSR count). The summed E-state index contributed by atoms with van der Waals surface area (Å²) < 4.78 is 0. The molecule has 1 N–H and O–H groups in total. The zero-order valence-corrected chi connectivity index (χ0v) is 10.5. The largest absolute Gasteiger partial charge is 0.508 e. The first-order valence-corrected chi connectivity index (χ1v) is 5.69. The lowest BCUT2D eigenvalue weighted by molar-refractivity contribution is 0.446. The fourth-order valence-electron chi connectivity index (χ4n) is 1.70. The van der Waals surface area contributed by atoms with Gasteiger partial charge in [-0.1, -0.05) is 46.8 Å². The molecule has 0 bridgehead atoms. The van der Waals surface area contributed by atoms with Gasteiger partial charge in [-0.3, -0.25) is 0 Å².